The molecule has 0 aliphatic heterocycles. The molecule has 0 aliphatic carbocycles. The monoisotopic (exact) mass is 397 g/mol. The Bertz CT molecular complexity index is 1170. The minimum atomic E-state index is -0.252. The van der Waals surface area contributed by atoms with Crippen LogP contribution in [0.3, 0.4) is 0 Å². The number of hydrogen-bond donors (Lipinski definition) is 3. The van der Waals surface area contributed by atoms with Gasteiger partial charge in [-0.25, -0.2) is 9.38 Å². The Morgan fingerprint density at radius 2 is 1.97 bits per heavy atom. The third kappa shape index (κ3) is 3.62. The average Bonchev–Trinajstić information content (AvgIpc) is 3.35. The third-order valence-corrected chi connectivity index (χ3v) is 4.95. The van der Waals surface area contributed by atoms with Gasteiger partial charge in [-0.05, 0) is 43.2 Å². The Morgan fingerprint density at radius 3 is 2.66 bits per heavy atom. The van der Waals surface area contributed by atoms with E-state index in [9.17, 15) is 15.0 Å². The lowest BCUT2D eigenvalue weighted by Gasteiger charge is -2.10. The predicted molar refractivity (Wildman–Crippen MR) is 108 cm³/mol. The highest BCUT2D eigenvalue weighted by atomic mass is 16.5. The quantitative estimate of drug-likeness (QED) is 0.414. The molecule has 3 heterocycles. The molecule has 29 heavy (non-hydrogen) atoms. The van der Waals surface area contributed by atoms with E-state index >= 15 is 0 Å². The van der Waals surface area contributed by atoms with Gasteiger partial charge in [0, 0.05) is 31.9 Å². The molecule has 0 unspecified atom stereocenters. The van der Waals surface area contributed by atoms with Crippen LogP contribution in [0.25, 0.3) is 28.2 Å². The number of aromatic amines is 1. The van der Waals surface area contributed by atoms with Crippen molar-refractivity contribution in [2.24, 2.45) is 5.92 Å². The first-order valence-electron chi connectivity index (χ1n) is 9.55. The fourth-order valence-electron chi connectivity index (χ4n) is 3.27. The summed E-state index contributed by atoms with van der Waals surface area (Å²) in [5, 5.41) is 18.5. The lowest BCUT2D eigenvalue weighted by Crippen LogP contribution is -2.16. The number of aromatic nitrogens is 5. The zero-order valence-electron chi connectivity index (χ0n) is 16.1. The molecule has 9 heteroatoms. The fraction of sp³-hybridized carbons (Fsp3) is 0.350. The van der Waals surface area contributed by atoms with Crippen LogP contribution in [0, 0.1) is 5.92 Å². The number of aryl methyl sites for hydroxylation is 1. The number of fused-ring (bicyclic) bond motifs is 2. The number of hydrogen-bond acceptors (Lipinski definition) is 6. The summed E-state index contributed by atoms with van der Waals surface area (Å²) in [4.78, 5) is 24.9. The molecular weight excluding hydrogens is 374 g/mol. The smallest absolute Gasteiger partial charge is 0.287 e. The van der Waals surface area contributed by atoms with Gasteiger partial charge in [0.25, 0.3) is 5.56 Å². The molecule has 152 valence electrons. The van der Waals surface area contributed by atoms with Crippen LogP contribution in [0.4, 0.5) is 0 Å². The zero-order chi connectivity index (χ0) is 20.4. The third-order valence-electron chi connectivity index (χ3n) is 4.95. The zero-order valence-corrected chi connectivity index (χ0v) is 16.1. The lowest BCUT2D eigenvalue weighted by atomic mass is 10.1. The van der Waals surface area contributed by atoms with Crippen molar-refractivity contribution in [1.82, 2.24) is 23.9 Å². The van der Waals surface area contributed by atoms with E-state index in [-0.39, 0.29) is 30.2 Å². The molecule has 0 spiro atoms. The van der Waals surface area contributed by atoms with Crippen molar-refractivity contribution in [3.8, 4) is 17.0 Å². The first-order chi connectivity index (χ1) is 14.1. The Balaban J connectivity index is 1.70. The molecular formula is C20H23N5O4. The van der Waals surface area contributed by atoms with Gasteiger partial charge in [0.15, 0.2) is 11.2 Å². The van der Waals surface area contributed by atoms with Gasteiger partial charge in [-0.1, -0.05) is 0 Å². The second-order valence-corrected chi connectivity index (χ2v) is 6.87. The van der Waals surface area contributed by atoms with Gasteiger partial charge in [0.1, 0.15) is 5.75 Å². The summed E-state index contributed by atoms with van der Waals surface area (Å²) in [5.41, 5.74) is 2.18. The van der Waals surface area contributed by atoms with Crippen LogP contribution in [0.15, 0.2) is 41.6 Å². The van der Waals surface area contributed by atoms with E-state index in [0.717, 1.165) is 17.0 Å². The molecule has 0 fully saturated rings. The van der Waals surface area contributed by atoms with Crippen molar-refractivity contribution in [1.29, 1.82) is 0 Å². The number of nitrogens with zero attached hydrogens (tertiary/aromatic N) is 4. The van der Waals surface area contributed by atoms with Crippen LogP contribution >= 0.6 is 0 Å². The molecule has 0 saturated carbocycles. The number of imidazole rings is 2. The van der Waals surface area contributed by atoms with Gasteiger partial charge in [-0.15, -0.1) is 0 Å². The van der Waals surface area contributed by atoms with Crippen LogP contribution in [0.5, 0.6) is 5.75 Å². The van der Waals surface area contributed by atoms with Gasteiger partial charge in [-0.3, -0.25) is 4.79 Å². The van der Waals surface area contributed by atoms with E-state index in [1.807, 2.05) is 31.2 Å². The predicted octanol–water partition coefficient (Wildman–Crippen LogP) is 1.43. The number of rotatable bonds is 8. The molecule has 4 rings (SSSR count). The van der Waals surface area contributed by atoms with E-state index in [1.165, 1.54) is 4.40 Å². The molecule has 0 bridgehead atoms. The van der Waals surface area contributed by atoms with E-state index in [2.05, 4.69) is 15.0 Å². The van der Waals surface area contributed by atoms with Crippen LogP contribution in [0.1, 0.15) is 13.3 Å². The molecule has 0 saturated heterocycles. The minimum absolute atomic E-state index is 0.0917. The number of aliphatic hydroxyl groups is 2. The standard InChI is InChI=1S/C20H23N5O4/c1-2-29-15-5-3-14(4-6-15)16-9-25-19(28)17-18(23-20(25)22-16)24(12-21-17)8-7-13(10-26)11-27/h3-6,9,12-13,26-27H,2,7-8,10-11H2,1H3,(H,22,23). The molecule has 0 amide bonds. The Morgan fingerprint density at radius 1 is 1.21 bits per heavy atom. The molecule has 0 aliphatic rings. The van der Waals surface area contributed by atoms with Crippen molar-refractivity contribution in [3.63, 3.8) is 0 Å². The summed E-state index contributed by atoms with van der Waals surface area (Å²) >= 11 is 0. The highest BCUT2D eigenvalue weighted by molar-refractivity contribution is 5.73. The van der Waals surface area contributed by atoms with Gasteiger partial charge in [0.2, 0.25) is 5.78 Å². The average molecular weight is 397 g/mol. The van der Waals surface area contributed by atoms with E-state index in [0.29, 0.717) is 31.0 Å². The van der Waals surface area contributed by atoms with Gasteiger partial charge < -0.3 is 24.5 Å². The van der Waals surface area contributed by atoms with Crippen molar-refractivity contribution < 1.29 is 14.9 Å². The molecule has 4 aromatic rings. The van der Waals surface area contributed by atoms with Crippen LogP contribution in [-0.2, 0) is 6.54 Å². The molecule has 0 radical (unpaired) electrons. The van der Waals surface area contributed by atoms with Gasteiger partial charge in [-0.2, -0.15) is 4.98 Å². The second-order valence-electron chi connectivity index (χ2n) is 6.87. The summed E-state index contributed by atoms with van der Waals surface area (Å²) in [6.07, 6.45) is 3.84. The first kappa shape index (κ1) is 19.2. The van der Waals surface area contributed by atoms with Crippen molar-refractivity contribution in [2.75, 3.05) is 19.8 Å². The summed E-state index contributed by atoms with van der Waals surface area (Å²) in [6.45, 7) is 2.85. The molecule has 3 aromatic heterocycles. The molecule has 0 atom stereocenters. The normalized spacial score (nSPS) is 11.7. The second kappa shape index (κ2) is 8.06. The fourth-order valence-corrected chi connectivity index (χ4v) is 3.27. The van der Waals surface area contributed by atoms with Gasteiger partial charge in [0.05, 0.1) is 18.6 Å². The maximum Gasteiger partial charge on any atom is 0.287 e. The van der Waals surface area contributed by atoms with Crippen LogP contribution in [0.2, 0.25) is 0 Å². The number of aliphatic hydroxyl groups excluding tert-OH is 2. The largest absolute Gasteiger partial charge is 0.494 e. The molecule has 9 nitrogen and oxygen atoms in total. The summed E-state index contributed by atoms with van der Waals surface area (Å²) < 4.78 is 8.69. The maximum absolute atomic E-state index is 12.9. The van der Waals surface area contributed by atoms with E-state index in [4.69, 9.17) is 4.74 Å². The Labute approximate surface area is 166 Å². The lowest BCUT2D eigenvalue weighted by molar-refractivity contribution is 0.140. The van der Waals surface area contributed by atoms with Crippen LogP contribution < -0.4 is 10.3 Å². The molecule has 3 N–H and O–H groups in total. The topological polar surface area (TPSA) is 118 Å². The summed E-state index contributed by atoms with van der Waals surface area (Å²) in [6, 6.07) is 7.60. The summed E-state index contributed by atoms with van der Waals surface area (Å²) in [5.74, 6) is 0.999. The number of benzene rings is 1. The maximum atomic E-state index is 12.9. The van der Waals surface area contributed by atoms with Crippen molar-refractivity contribution in [3.05, 3.63) is 47.1 Å². The highest BCUT2D eigenvalue weighted by Gasteiger charge is 2.15. The SMILES string of the molecule is CCOc1ccc(-c2cn3c(=O)c4ncn(CCC(CO)CO)c4nc3[nH]2)cc1. The van der Waals surface area contributed by atoms with Gasteiger partial charge >= 0.3 is 0 Å². The van der Waals surface area contributed by atoms with E-state index in [1.54, 1.807) is 17.1 Å². The number of H-pyrrole nitrogens is 1. The van der Waals surface area contributed by atoms with E-state index < -0.39 is 0 Å². The Kier molecular flexibility index (Phi) is 5.32. The highest BCUT2D eigenvalue weighted by Crippen LogP contribution is 2.22. The number of ether oxygens (including phenoxy) is 1. The Hall–Kier alpha value is -3.17. The minimum Gasteiger partial charge on any atom is -0.494 e. The summed E-state index contributed by atoms with van der Waals surface area (Å²) in [7, 11) is 0. The van der Waals surface area contributed by atoms with Crippen molar-refractivity contribution in [2.45, 2.75) is 19.9 Å². The van der Waals surface area contributed by atoms with Crippen LogP contribution in [-0.4, -0.2) is 54.0 Å². The molecule has 1 aromatic carbocycles. The number of nitrogens with one attached hydrogen (secondary N) is 1. The van der Waals surface area contributed by atoms with Crippen molar-refractivity contribution >= 4 is 16.9 Å². The first-order valence-corrected chi connectivity index (χ1v) is 9.55.